The summed E-state index contributed by atoms with van der Waals surface area (Å²) in [6.07, 6.45) is -24.7. The second kappa shape index (κ2) is 13.1. The number of hydrogen-bond acceptors (Lipinski definition) is 16. The fraction of sp³-hybridized carbons (Fsp3) is 1.00. The van der Waals surface area contributed by atoms with Crippen molar-refractivity contribution in [3.63, 3.8) is 0 Å². The van der Waals surface area contributed by atoms with E-state index in [9.17, 15) is 56.2 Å². The first-order chi connectivity index (χ1) is 16.0. The molecule has 2 rings (SSSR count). The second-order valence-electron chi connectivity index (χ2n) is 8.10. The summed E-state index contributed by atoms with van der Waals surface area (Å²) >= 11 is 0. The summed E-state index contributed by atoms with van der Waals surface area (Å²) in [4.78, 5) is 0. The van der Waals surface area contributed by atoms with Gasteiger partial charge < -0.3 is 80.2 Å². The van der Waals surface area contributed by atoms with Crippen molar-refractivity contribution in [3.05, 3.63) is 0 Å². The van der Waals surface area contributed by atoms with E-state index in [0.29, 0.717) is 0 Å². The van der Waals surface area contributed by atoms with Gasteiger partial charge in [-0.1, -0.05) is 0 Å². The van der Waals surface area contributed by atoms with E-state index in [1.54, 1.807) is 0 Å². The smallest absolute Gasteiger partial charge is 0.187 e. The summed E-state index contributed by atoms with van der Waals surface area (Å²) in [6.45, 7) is -3.52. The van der Waals surface area contributed by atoms with Gasteiger partial charge in [-0.3, -0.25) is 0 Å². The Labute approximate surface area is 193 Å². The van der Waals surface area contributed by atoms with Crippen molar-refractivity contribution in [1.29, 1.82) is 0 Å². The van der Waals surface area contributed by atoms with E-state index in [1.165, 1.54) is 0 Å². The van der Waals surface area contributed by atoms with Crippen molar-refractivity contribution in [1.82, 2.24) is 0 Å². The summed E-state index contributed by atoms with van der Waals surface area (Å²) in [6, 6.07) is 0. The van der Waals surface area contributed by atoms with Gasteiger partial charge in [0.15, 0.2) is 12.6 Å². The minimum atomic E-state index is -1.98. The van der Waals surface area contributed by atoms with Crippen LogP contribution in [0, 0.1) is 0 Å². The molecule has 14 atom stereocenters. The van der Waals surface area contributed by atoms with Crippen molar-refractivity contribution >= 4 is 0 Å². The van der Waals surface area contributed by atoms with Gasteiger partial charge in [-0.15, -0.1) is 0 Å². The molecule has 202 valence electrons. The van der Waals surface area contributed by atoms with Crippen LogP contribution in [0.1, 0.15) is 0 Å². The van der Waals surface area contributed by atoms with Crippen molar-refractivity contribution in [2.75, 3.05) is 26.4 Å². The lowest BCUT2D eigenvalue weighted by Crippen LogP contribution is -2.65. The Morgan fingerprint density at radius 3 is 1.68 bits per heavy atom. The fourth-order valence-corrected chi connectivity index (χ4v) is 3.65. The highest BCUT2D eigenvalue weighted by molar-refractivity contribution is 4.95. The molecule has 0 bridgehead atoms. The summed E-state index contributed by atoms with van der Waals surface area (Å²) in [7, 11) is 0. The highest BCUT2D eigenvalue weighted by Gasteiger charge is 2.51. The molecule has 0 aliphatic carbocycles. The van der Waals surface area contributed by atoms with E-state index in [0.717, 1.165) is 0 Å². The van der Waals surface area contributed by atoms with Crippen LogP contribution < -0.4 is 0 Å². The number of aliphatic hydroxyl groups is 12. The van der Waals surface area contributed by atoms with Gasteiger partial charge in [0.05, 0.1) is 26.4 Å². The van der Waals surface area contributed by atoms with Gasteiger partial charge in [-0.05, 0) is 0 Å². The Balaban J connectivity index is 2.17. The lowest BCUT2D eigenvalue weighted by atomic mass is 9.96. The molecule has 2 aliphatic heterocycles. The SMILES string of the molecule is OCC(O)C(O)C(O[C@@H]1O[C@H](CO)C(O[C@H]2O[C@H](CO)[C@@H](O)[C@H](O)[C@H]2O)[C@H](O)[C@H]1O)C(O)CO. The molecule has 5 unspecified atom stereocenters. The molecule has 16 heteroatoms. The predicted octanol–water partition coefficient (Wildman–Crippen LogP) is -7.94. The van der Waals surface area contributed by atoms with Crippen LogP contribution in [0.4, 0.5) is 0 Å². The van der Waals surface area contributed by atoms with Gasteiger partial charge in [-0.2, -0.15) is 0 Å². The zero-order valence-electron chi connectivity index (χ0n) is 17.9. The van der Waals surface area contributed by atoms with Crippen LogP contribution in [-0.2, 0) is 18.9 Å². The zero-order chi connectivity index (χ0) is 25.7. The normalized spacial score (nSPS) is 42.7. The number of rotatable bonds is 11. The van der Waals surface area contributed by atoms with Crippen LogP contribution in [0.25, 0.3) is 0 Å². The largest absolute Gasteiger partial charge is 0.394 e. The van der Waals surface area contributed by atoms with Crippen LogP contribution in [0.3, 0.4) is 0 Å². The van der Waals surface area contributed by atoms with Gasteiger partial charge in [0.1, 0.15) is 73.2 Å². The van der Waals surface area contributed by atoms with Gasteiger partial charge in [0.25, 0.3) is 0 Å². The minimum Gasteiger partial charge on any atom is -0.394 e. The lowest BCUT2D eigenvalue weighted by molar-refractivity contribution is -0.367. The monoisotopic (exact) mass is 506 g/mol. The number of ether oxygens (including phenoxy) is 4. The van der Waals surface area contributed by atoms with Crippen molar-refractivity contribution in [2.24, 2.45) is 0 Å². The molecule has 0 saturated carbocycles. The van der Waals surface area contributed by atoms with Crippen LogP contribution in [-0.4, -0.2) is 174 Å². The first-order valence-electron chi connectivity index (χ1n) is 10.5. The molecular formula is C18H34O16. The van der Waals surface area contributed by atoms with E-state index in [2.05, 4.69) is 0 Å². The van der Waals surface area contributed by atoms with Gasteiger partial charge in [-0.25, -0.2) is 0 Å². The van der Waals surface area contributed by atoms with Crippen molar-refractivity contribution in [3.8, 4) is 0 Å². The summed E-state index contributed by atoms with van der Waals surface area (Å²) in [5.74, 6) is 0. The molecule has 34 heavy (non-hydrogen) atoms. The number of hydrogen-bond donors (Lipinski definition) is 12. The van der Waals surface area contributed by atoms with E-state index in [-0.39, 0.29) is 0 Å². The zero-order valence-corrected chi connectivity index (χ0v) is 17.9. The Morgan fingerprint density at radius 1 is 0.618 bits per heavy atom. The van der Waals surface area contributed by atoms with Crippen molar-refractivity contribution < 1.29 is 80.2 Å². The van der Waals surface area contributed by atoms with Gasteiger partial charge in [0, 0.05) is 0 Å². The Bertz CT molecular complexity index is 594. The van der Waals surface area contributed by atoms with Gasteiger partial charge >= 0.3 is 0 Å². The summed E-state index contributed by atoms with van der Waals surface area (Å²) < 4.78 is 21.2. The quantitative estimate of drug-likeness (QED) is 0.124. The average molecular weight is 506 g/mol. The molecule has 2 heterocycles. The second-order valence-corrected chi connectivity index (χ2v) is 8.10. The molecule has 2 saturated heterocycles. The molecule has 12 N–H and O–H groups in total. The predicted molar refractivity (Wildman–Crippen MR) is 103 cm³/mol. The topological polar surface area (TPSA) is 280 Å². The molecule has 2 fully saturated rings. The molecule has 0 spiro atoms. The maximum absolute atomic E-state index is 10.6. The van der Waals surface area contributed by atoms with Gasteiger partial charge in [0.2, 0.25) is 0 Å². The molecule has 16 nitrogen and oxygen atoms in total. The molecule has 0 aromatic heterocycles. The molecule has 0 aromatic rings. The van der Waals surface area contributed by atoms with E-state index in [4.69, 9.17) is 24.1 Å². The first kappa shape index (κ1) is 29.6. The van der Waals surface area contributed by atoms with E-state index >= 15 is 0 Å². The molecular weight excluding hydrogens is 472 g/mol. The van der Waals surface area contributed by atoms with Crippen molar-refractivity contribution in [2.45, 2.75) is 85.8 Å². The maximum Gasteiger partial charge on any atom is 0.187 e. The third kappa shape index (κ3) is 6.37. The standard InChI is InChI=1S/C18H34O16/c19-1-5(23)9(25)15(6(24)2-20)33-18-14(30)12(28)16(8(4-22)32-18)34-17-13(29)11(27)10(26)7(3-21)31-17/h5-30H,1-4H2/t5?,6?,7-,8-,9?,10-,11+,12-,13-,14-,15?,16?,17-,18+/m1/s1. The van der Waals surface area contributed by atoms with Crippen LogP contribution in [0.5, 0.6) is 0 Å². The lowest BCUT2D eigenvalue weighted by Gasteiger charge is -2.46. The Hall–Kier alpha value is -0.640. The highest BCUT2D eigenvalue weighted by Crippen LogP contribution is 2.30. The molecule has 0 amide bonds. The fourth-order valence-electron chi connectivity index (χ4n) is 3.65. The Kier molecular flexibility index (Phi) is 11.4. The number of aliphatic hydroxyl groups excluding tert-OH is 12. The van der Waals surface area contributed by atoms with Crippen LogP contribution >= 0.6 is 0 Å². The highest BCUT2D eigenvalue weighted by atomic mass is 16.7. The van der Waals surface area contributed by atoms with E-state index in [1.807, 2.05) is 0 Å². The minimum absolute atomic E-state index is 0.757. The molecule has 0 aromatic carbocycles. The Morgan fingerprint density at radius 2 is 1.15 bits per heavy atom. The summed E-state index contributed by atoms with van der Waals surface area (Å²) in [5, 5.41) is 118. The molecule has 0 radical (unpaired) electrons. The van der Waals surface area contributed by atoms with Crippen LogP contribution in [0.2, 0.25) is 0 Å². The summed E-state index contributed by atoms with van der Waals surface area (Å²) in [5.41, 5.74) is 0. The average Bonchev–Trinajstić information content (AvgIpc) is 2.84. The van der Waals surface area contributed by atoms with E-state index < -0.39 is 112 Å². The molecule has 2 aliphatic rings. The third-order valence-corrected chi connectivity index (χ3v) is 5.74. The maximum atomic E-state index is 10.6. The first-order valence-corrected chi connectivity index (χ1v) is 10.5. The van der Waals surface area contributed by atoms with Crippen LogP contribution in [0.15, 0.2) is 0 Å². The third-order valence-electron chi connectivity index (χ3n) is 5.74.